The van der Waals surface area contributed by atoms with Gasteiger partial charge < -0.3 is 10.2 Å². The minimum absolute atomic E-state index is 0.0815. The molecule has 6 nitrogen and oxygen atoms in total. The Morgan fingerprint density at radius 1 is 1.00 bits per heavy atom. The van der Waals surface area contributed by atoms with Crippen LogP contribution in [0.15, 0.2) is 60.8 Å². The Bertz CT molecular complexity index is 1060. The van der Waals surface area contributed by atoms with Crippen molar-refractivity contribution in [1.29, 1.82) is 0 Å². The van der Waals surface area contributed by atoms with E-state index in [1.165, 1.54) is 0 Å². The summed E-state index contributed by atoms with van der Waals surface area (Å²) in [6.07, 6.45) is 3.17. The molecule has 3 aromatic rings. The molecule has 0 aliphatic carbocycles. The molecule has 0 bridgehead atoms. The molecule has 0 saturated carbocycles. The molecule has 1 saturated heterocycles. The summed E-state index contributed by atoms with van der Waals surface area (Å²) in [7, 11) is 0. The Labute approximate surface area is 190 Å². The molecule has 1 N–H and O–H groups in total. The number of anilines is 1. The molecule has 1 unspecified atom stereocenters. The van der Waals surface area contributed by atoms with Gasteiger partial charge >= 0.3 is 0 Å². The number of benzene rings is 2. The standard InChI is InChI=1S/C23H22Cl2N4O2/c24-19-7-3-16(4-8-19)14-29-21(11-12-26-29)27-22(30)18-2-1-13-28(15-18)23(31)17-5-9-20(25)10-6-17/h3-12,18H,1-2,13-15H2,(H,27,30). The fourth-order valence-electron chi connectivity index (χ4n) is 3.71. The zero-order valence-corrected chi connectivity index (χ0v) is 18.3. The Balaban J connectivity index is 1.40. The number of carbonyl (C=O) groups is 2. The first-order valence-electron chi connectivity index (χ1n) is 10.1. The zero-order chi connectivity index (χ0) is 21.8. The fraction of sp³-hybridized carbons (Fsp3) is 0.261. The first-order valence-corrected chi connectivity index (χ1v) is 10.9. The van der Waals surface area contributed by atoms with Crippen LogP contribution >= 0.6 is 23.2 Å². The summed E-state index contributed by atoms with van der Waals surface area (Å²) in [5, 5.41) is 8.55. The number of hydrogen-bond donors (Lipinski definition) is 1. The average molecular weight is 457 g/mol. The summed E-state index contributed by atoms with van der Waals surface area (Å²) in [5.41, 5.74) is 1.60. The van der Waals surface area contributed by atoms with Gasteiger partial charge in [-0.3, -0.25) is 9.59 Å². The summed E-state index contributed by atoms with van der Waals surface area (Å²) in [6.45, 7) is 1.55. The van der Waals surface area contributed by atoms with Gasteiger partial charge in [-0.05, 0) is 54.8 Å². The number of halogens is 2. The monoisotopic (exact) mass is 456 g/mol. The van der Waals surface area contributed by atoms with Crippen LogP contribution in [-0.2, 0) is 11.3 Å². The SMILES string of the molecule is O=C(Nc1ccnn1Cc1ccc(Cl)cc1)C1CCCN(C(=O)c2ccc(Cl)cc2)C1. The summed E-state index contributed by atoms with van der Waals surface area (Å²) in [5.74, 6) is 0.165. The van der Waals surface area contributed by atoms with Crippen molar-refractivity contribution in [1.82, 2.24) is 14.7 Å². The van der Waals surface area contributed by atoms with Gasteiger partial charge in [-0.25, -0.2) is 4.68 Å². The molecule has 4 rings (SSSR count). The van der Waals surface area contributed by atoms with Crippen LogP contribution in [0.25, 0.3) is 0 Å². The van der Waals surface area contributed by atoms with Crippen molar-refractivity contribution in [2.24, 2.45) is 5.92 Å². The molecular formula is C23H22Cl2N4O2. The molecule has 1 aromatic heterocycles. The van der Waals surface area contributed by atoms with Crippen LogP contribution in [0, 0.1) is 5.92 Å². The van der Waals surface area contributed by atoms with E-state index in [-0.39, 0.29) is 17.7 Å². The quantitative estimate of drug-likeness (QED) is 0.603. The zero-order valence-electron chi connectivity index (χ0n) is 16.8. The van der Waals surface area contributed by atoms with Crippen LogP contribution in [-0.4, -0.2) is 39.6 Å². The Morgan fingerprint density at radius 2 is 1.68 bits per heavy atom. The number of piperidine rings is 1. The van der Waals surface area contributed by atoms with Gasteiger partial charge in [0.15, 0.2) is 0 Å². The summed E-state index contributed by atoms with van der Waals surface area (Å²) >= 11 is 11.9. The number of nitrogens with one attached hydrogen (secondary N) is 1. The predicted molar refractivity (Wildman–Crippen MR) is 121 cm³/mol. The number of likely N-dealkylation sites (tertiary alicyclic amines) is 1. The number of hydrogen-bond acceptors (Lipinski definition) is 3. The lowest BCUT2D eigenvalue weighted by Gasteiger charge is -2.32. The minimum Gasteiger partial charge on any atom is -0.338 e. The highest BCUT2D eigenvalue weighted by atomic mass is 35.5. The maximum absolute atomic E-state index is 12.9. The lowest BCUT2D eigenvalue weighted by Crippen LogP contribution is -2.43. The highest BCUT2D eigenvalue weighted by molar-refractivity contribution is 6.30. The van der Waals surface area contributed by atoms with E-state index in [2.05, 4.69) is 10.4 Å². The van der Waals surface area contributed by atoms with Crippen LogP contribution in [0.2, 0.25) is 10.0 Å². The first-order chi connectivity index (χ1) is 15.0. The molecule has 160 valence electrons. The topological polar surface area (TPSA) is 67.2 Å². The maximum Gasteiger partial charge on any atom is 0.253 e. The largest absolute Gasteiger partial charge is 0.338 e. The molecule has 0 radical (unpaired) electrons. The van der Waals surface area contributed by atoms with Crippen molar-refractivity contribution in [3.05, 3.63) is 82.0 Å². The fourth-order valence-corrected chi connectivity index (χ4v) is 3.96. The number of aromatic nitrogens is 2. The van der Waals surface area contributed by atoms with Gasteiger partial charge in [-0.1, -0.05) is 35.3 Å². The average Bonchev–Trinajstić information content (AvgIpc) is 3.22. The van der Waals surface area contributed by atoms with Gasteiger partial charge in [-0.2, -0.15) is 5.10 Å². The van der Waals surface area contributed by atoms with Gasteiger partial charge in [0, 0.05) is 34.8 Å². The van der Waals surface area contributed by atoms with Crippen LogP contribution < -0.4 is 5.32 Å². The molecule has 8 heteroatoms. The van der Waals surface area contributed by atoms with Crippen LogP contribution in [0.3, 0.4) is 0 Å². The van der Waals surface area contributed by atoms with E-state index < -0.39 is 0 Å². The lowest BCUT2D eigenvalue weighted by molar-refractivity contribution is -0.121. The molecule has 0 spiro atoms. The van der Waals surface area contributed by atoms with Crippen molar-refractivity contribution in [2.45, 2.75) is 19.4 Å². The van der Waals surface area contributed by atoms with E-state index in [0.717, 1.165) is 18.4 Å². The van der Waals surface area contributed by atoms with Crippen molar-refractivity contribution >= 4 is 40.8 Å². The van der Waals surface area contributed by atoms with Gasteiger partial charge in [0.25, 0.3) is 5.91 Å². The van der Waals surface area contributed by atoms with Crippen LogP contribution in [0.4, 0.5) is 5.82 Å². The van der Waals surface area contributed by atoms with Gasteiger partial charge in [0.05, 0.1) is 18.7 Å². The lowest BCUT2D eigenvalue weighted by atomic mass is 9.96. The summed E-state index contributed by atoms with van der Waals surface area (Å²) in [4.78, 5) is 27.5. The third kappa shape index (κ3) is 5.27. The third-order valence-corrected chi connectivity index (χ3v) is 5.89. The predicted octanol–water partition coefficient (Wildman–Crippen LogP) is 4.73. The molecule has 2 heterocycles. The van der Waals surface area contributed by atoms with Gasteiger partial charge in [0.1, 0.15) is 5.82 Å². The second-order valence-electron chi connectivity index (χ2n) is 7.59. The van der Waals surface area contributed by atoms with E-state index in [1.54, 1.807) is 46.1 Å². The van der Waals surface area contributed by atoms with Crippen molar-refractivity contribution in [2.75, 3.05) is 18.4 Å². The van der Waals surface area contributed by atoms with Crippen molar-refractivity contribution < 1.29 is 9.59 Å². The normalized spacial score (nSPS) is 16.2. The molecule has 31 heavy (non-hydrogen) atoms. The summed E-state index contributed by atoms with van der Waals surface area (Å²) < 4.78 is 1.74. The van der Waals surface area contributed by atoms with Crippen LogP contribution in [0.1, 0.15) is 28.8 Å². The molecular weight excluding hydrogens is 435 g/mol. The highest BCUT2D eigenvalue weighted by Crippen LogP contribution is 2.22. The number of rotatable bonds is 5. The third-order valence-electron chi connectivity index (χ3n) is 5.38. The van der Waals surface area contributed by atoms with E-state index in [9.17, 15) is 9.59 Å². The van der Waals surface area contributed by atoms with Crippen LogP contribution in [0.5, 0.6) is 0 Å². The second-order valence-corrected chi connectivity index (χ2v) is 8.46. The number of nitrogens with zero attached hydrogens (tertiary/aromatic N) is 3. The Morgan fingerprint density at radius 3 is 2.39 bits per heavy atom. The highest BCUT2D eigenvalue weighted by Gasteiger charge is 2.29. The van der Waals surface area contributed by atoms with E-state index in [0.29, 0.717) is 41.1 Å². The van der Waals surface area contributed by atoms with Gasteiger partial charge in [-0.15, -0.1) is 0 Å². The molecule has 1 aliphatic rings. The smallest absolute Gasteiger partial charge is 0.253 e. The number of amides is 2. The summed E-state index contributed by atoms with van der Waals surface area (Å²) in [6, 6.07) is 16.1. The number of carbonyl (C=O) groups excluding carboxylic acids is 2. The van der Waals surface area contributed by atoms with Crippen molar-refractivity contribution in [3.63, 3.8) is 0 Å². The molecule has 2 amide bonds. The maximum atomic E-state index is 12.9. The van der Waals surface area contributed by atoms with E-state index in [1.807, 2.05) is 24.3 Å². The first kappa shape index (κ1) is 21.4. The second kappa shape index (κ2) is 9.54. The Kier molecular flexibility index (Phi) is 6.59. The molecule has 1 fully saturated rings. The molecule has 2 aromatic carbocycles. The molecule has 1 aliphatic heterocycles. The van der Waals surface area contributed by atoms with E-state index >= 15 is 0 Å². The Hall–Kier alpha value is -2.83. The minimum atomic E-state index is -0.274. The van der Waals surface area contributed by atoms with Gasteiger partial charge in [0.2, 0.25) is 5.91 Å². The van der Waals surface area contributed by atoms with Crippen molar-refractivity contribution in [3.8, 4) is 0 Å². The van der Waals surface area contributed by atoms with E-state index in [4.69, 9.17) is 23.2 Å². The molecule has 1 atom stereocenters.